The van der Waals surface area contributed by atoms with E-state index in [9.17, 15) is 4.79 Å². The number of benzene rings is 1. The molecule has 0 fully saturated rings. The number of carbonyl (C=O) groups is 1. The lowest BCUT2D eigenvalue weighted by molar-refractivity contribution is -0.124. The van der Waals surface area contributed by atoms with Gasteiger partial charge in [0.15, 0.2) is 0 Å². The van der Waals surface area contributed by atoms with Crippen molar-refractivity contribution in [2.24, 2.45) is 11.1 Å². The third-order valence-electron chi connectivity index (χ3n) is 3.68. The lowest BCUT2D eigenvalue weighted by Gasteiger charge is -2.25. The summed E-state index contributed by atoms with van der Waals surface area (Å²) in [6.45, 7) is 4.16. The topological polar surface area (TPSA) is 72.9 Å². The van der Waals surface area contributed by atoms with Gasteiger partial charge in [0.05, 0.1) is 16.8 Å². The summed E-state index contributed by atoms with van der Waals surface area (Å²) in [5.41, 5.74) is 6.73. The summed E-state index contributed by atoms with van der Waals surface area (Å²) in [7, 11) is 0. The smallest absolute Gasteiger partial charge is 0.231 e. The molecule has 0 spiro atoms. The molecule has 0 radical (unpaired) electrons. The Bertz CT molecular complexity index is 573. The third-order valence-corrected chi connectivity index (χ3v) is 3.68. The highest BCUT2D eigenvalue weighted by Crippen LogP contribution is 2.25. The molecule has 1 heterocycles. The number of anilines is 1. The van der Waals surface area contributed by atoms with Crippen LogP contribution in [0.2, 0.25) is 0 Å². The second kappa shape index (κ2) is 5.88. The van der Waals surface area contributed by atoms with Crippen molar-refractivity contribution in [3.8, 4) is 5.69 Å². The van der Waals surface area contributed by atoms with E-state index in [1.165, 1.54) is 0 Å². The highest BCUT2D eigenvalue weighted by molar-refractivity contribution is 5.96. The van der Waals surface area contributed by atoms with Gasteiger partial charge in [-0.05, 0) is 31.5 Å². The van der Waals surface area contributed by atoms with Gasteiger partial charge in [0.2, 0.25) is 5.91 Å². The number of nitrogens with zero attached hydrogens (tertiary/aromatic N) is 2. The molecule has 0 bridgehead atoms. The third kappa shape index (κ3) is 2.72. The average molecular weight is 272 g/mol. The SMILES string of the molecule is CCC(C)(CN)C(=O)Nc1ccccc1-n1cccn1. The fourth-order valence-electron chi connectivity index (χ4n) is 1.86. The minimum Gasteiger partial charge on any atom is -0.329 e. The minimum absolute atomic E-state index is 0.0675. The van der Waals surface area contributed by atoms with E-state index < -0.39 is 5.41 Å². The van der Waals surface area contributed by atoms with Crippen molar-refractivity contribution < 1.29 is 4.79 Å². The molecule has 1 amide bonds. The number of hydrogen-bond donors (Lipinski definition) is 2. The molecule has 1 atom stereocenters. The molecule has 0 saturated heterocycles. The van der Waals surface area contributed by atoms with E-state index in [1.807, 2.05) is 50.4 Å². The van der Waals surface area contributed by atoms with Crippen LogP contribution >= 0.6 is 0 Å². The molecular formula is C15H20N4O. The van der Waals surface area contributed by atoms with Crippen LogP contribution in [-0.2, 0) is 4.79 Å². The lowest BCUT2D eigenvalue weighted by atomic mass is 9.86. The van der Waals surface area contributed by atoms with Crippen molar-refractivity contribution in [1.82, 2.24) is 9.78 Å². The number of para-hydroxylation sites is 2. The van der Waals surface area contributed by atoms with Gasteiger partial charge < -0.3 is 11.1 Å². The van der Waals surface area contributed by atoms with Gasteiger partial charge in [0, 0.05) is 18.9 Å². The molecule has 2 rings (SSSR count). The van der Waals surface area contributed by atoms with Crippen LogP contribution in [0.25, 0.3) is 5.69 Å². The number of carbonyl (C=O) groups excluding carboxylic acids is 1. The Balaban J connectivity index is 2.29. The van der Waals surface area contributed by atoms with Gasteiger partial charge in [-0.25, -0.2) is 4.68 Å². The minimum atomic E-state index is -0.558. The fraction of sp³-hybridized carbons (Fsp3) is 0.333. The highest BCUT2D eigenvalue weighted by atomic mass is 16.2. The first-order valence-corrected chi connectivity index (χ1v) is 6.71. The average Bonchev–Trinajstić information content (AvgIpc) is 3.01. The Morgan fingerprint density at radius 1 is 1.40 bits per heavy atom. The first-order valence-electron chi connectivity index (χ1n) is 6.71. The van der Waals surface area contributed by atoms with Crippen LogP contribution in [0, 0.1) is 5.41 Å². The van der Waals surface area contributed by atoms with Gasteiger partial charge in [-0.1, -0.05) is 19.1 Å². The molecule has 5 nitrogen and oxygen atoms in total. The van der Waals surface area contributed by atoms with Gasteiger partial charge in [-0.15, -0.1) is 0 Å². The molecular weight excluding hydrogens is 252 g/mol. The molecule has 1 unspecified atom stereocenters. The van der Waals surface area contributed by atoms with Gasteiger partial charge in [-0.2, -0.15) is 5.10 Å². The summed E-state index contributed by atoms with van der Waals surface area (Å²) in [6, 6.07) is 9.41. The number of rotatable bonds is 5. The predicted molar refractivity (Wildman–Crippen MR) is 79.6 cm³/mol. The van der Waals surface area contributed by atoms with E-state index in [0.29, 0.717) is 13.0 Å². The van der Waals surface area contributed by atoms with Crippen molar-refractivity contribution in [2.75, 3.05) is 11.9 Å². The Hall–Kier alpha value is -2.14. The summed E-state index contributed by atoms with van der Waals surface area (Å²) in [6.07, 6.45) is 4.24. The van der Waals surface area contributed by atoms with E-state index in [2.05, 4.69) is 10.4 Å². The molecule has 0 saturated carbocycles. The van der Waals surface area contributed by atoms with E-state index in [0.717, 1.165) is 11.4 Å². The molecule has 5 heteroatoms. The van der Waals surface area contributed by atoms with Crippen LogP contribution in [0.4, 0.5) is 5.69 Å². The fourth-order valence-corrected chi connectivity index (χ4v) is 1.86. The molecule has 1 aromatic carbocycles. The maximum Gasteiger partial charge on any atom is 0.231 e. The van der Waals surface area contributed by atoms with Crippen molar-refractivity contribution in [3.63, 3.8) is 0 Å². The van der Waals surface area contributed by atoms with Crippen molar-refractivity contribution in [2.45, 2.75) is 20.3 Å². The molecule has 3 N–H and O–H groups in total. The maximum absolute atomic E-state index is 12.4. The molecule has 20 heavy (non-hydrogen) atoms. The van der Waals surface area contributed by atoms with Gasteiger partial charge in [-0.3, -0.25) is 4.79 Å². The van der Waals surface area contributed by atoms with Gasteiger partial charge in [0.1, 0.15) is 0 Å². The van der Waals surface area contributed by atoms with Crippen molar-refractivity contribution >= 4 is 11.6 Å². The summed E-state index contributed by atoms with van der Waals surface area (Å²) in [5.74, 6) is -0.0675. The lowest BCUT2D eigenvalue weighted by Crippen LogP contribution is -2.39. The van der Waals surface area contributed by atoms with Gasteiger partial charge >= 0.3 is 0 Å². The standard InChI is InChI=1S/C15H20N4O/c1-3-15(2,11-16)14(20)18-12-7-4-5-8-13(12)19-10-6-9-17-19/h4-10H,3,11,16H2,1-2H3,(H,18,20). The van der Waals surface area contributed by atoms with Crippen LogP contribution in [0.15, 0.2) is 42.7 Å². The van der Waals surface area contributed by atoms with Crippen LogP contribution in [0.1, 0.15) is 20.3 Å². The Kier molecular flexibility index (Phi) is 4.20. The zero-order valence-corrected chi connectivity index (χ0v) is 11.8. The number of hydrogen-bond acceptors (Lipinski definition) is 3. The van der Waals surface area contributed by atoms with Crippen LogP contribution < -0.4 is 11.1 Å². The van der Waals surface area contributed by atoms with Crippen molar-refractivity contribution in [1.29, 1.82) is 0 Å². The highest BCUT2D eigenvalue weighted by Gasteiger charge is 2.30. The maximum atomic E-state index is 12.4. The quantitative estimate of drug-likeness (QED) is 0.876. The molecule has 0 aliphatic carbocycles. The largest absolute Gasteiger partial charge is 0.329 e. The van der Waals surface area contributed by atoms with E-state index in [1.54, 1.807) is 10.9 Å². The predicted octanol–water partition coefficient (Wildman–Crippen LogP) is 2.19. The number of nitrogens with one attached hydrogen (secondary N) is 1. The van der Waals surface area contributed by atoms with E-state index >= 15 is 0 Å². The first kappa shape index (κ1) is 14.3. The number of nitrogens with two attached hydrogens (primary N) is 1. The second-order valence-corrected chi connectivity index (χ2v) is 5.04. The Morgan fingerprint density at radius 3 is 2.75 bits per heavy atom. The number of aromatic nitrogens is 2. The van der Waals surface area contributed by atoms with Gasteiger partial charge in [0.25, 0.3) is 0 Å². The van der Waals surface area contributed by atoms with Crippen LogP contribution in [0.5, 0.6) is 0 Å². The molecule has 1 aromatic heterocycles. The summed E-state index contributed by atoms with van der Waals surface area (Å²) in [5, 5.41) is 7.16. The molecule has 0 aliphatic heterocycles. The van der Waals surface area contributed by atoms with Crippen LogP contribution in [-0.4, -0.2) is 22.2 Å². The zero-order valence-electron chi connectivity index (χ0n) is 11.8. The second-order valence-electron chi connectivity index (χ2n) is 5.04. The summed E-state index contributed by atoms with van der Waals surface area (Å²) < 4.78 is 1.72. The van der Waals surface area contributed by atoms with Crippen LogP contribution in [0.3, 0.4) is 0 Å². The number of amides is 1. The van der Waals surface area contributed by atoms with E-state index in [4.69, 9.17) is 5.73 Å². The Labute approximate surface area is 118 Å². The van der Waals surface area contributed by atoms with E-state index in [-0.39, 0.29) is 5.91 Å². The molecule has 2 aromatic rings. The summed E-state index contributed by atoms with van der Waals surface area (Å²) >= 11 is 0. The Morgan fingerprint density at radius 2 is 2.15 bits per heavy atom. The summed E-state index contributed by atoms with van der Waals surface area (Å²) in [4.78, 5) is 12.4. The first-order chi connectivity index (χ1) is 9.60. The normalized spacial score (nSPS) is 13.8. The monoisotopic (exact) mass is 272 g/mol. The molecule has 0 aliphatic rings. The molecule has 106 valence electrons. The zero-order chi connectivity index (χ0) is 14.6. The van der Waals surface area contributed by atoms with Crippen molar-refractivity contribution in [3.05, 3.63) is 42.7 Å².